The van der Waals surface area contributed by atoms with Gasteiger partial charge in [-0.05, 0) is 43.6 Å². The molecule has 0 spiro atoms. The third-order valence-corrected chi connectivity index (χ3v) is 7.82. The van der Waals surface area contributed by atoms with E-state index in [0.29, 0.717) is 0 Å². The van der Waals surface area contributed by atoms with E-state index >= 15 is 0 Å². The zero-order chi connectivity index (χ0) is 11.7. The first kappa shape index (κ1) is 12.7. The molecule has 0 aromatic carbocycles. The van der Waals surface area contributed by atoms with E-state index in [-0.39, 0.29) is 0 Å². The second-order valence-corrected chi connectivity index (χ2v) is 8.40. The Morgan fingerprint density at radius 2 is 2.18 bits per heavy atom. The number of hydrogen-bond donors (Lipinski definition) is 1. The Kier molecular flexibility index (Phi) is 4.29. The van der Waals surface area contributed by atoms with Gasteiger partial charge < -0.3 is 5.32 Å². The Balaban J connectivity index is 1.66. The minimum Gasteiger partial charge on any atom is -0.313 e. The van der Waals surface area contributed by atoms with E-state index in [1.54, 1.807) is 6.42 Å². The molecule has 5 unspecified atom stereocenters. The highest BCUT2D eigenvalue weighted by atomic mass is 32.2. The van der Waals surface area contributed by atoms with Gasteiger partial charge in [-0.2, -0.15) is 23.5 Å². The van der Waals surface area contributed by atoms with Crippen molar-refractivity contribution in [3.8, 4) is 0 Å². The van der Waals surface area contributed by atoms with Gasteiger partial charge in [0.2, 0.25) is 0 Å². The average molecular weight is 271 g/mol. The summed E-state index contributed by atoms with van der Waals surface area (Å²) in [6, 6.07) is 0.813. The van der Waals surface area contributed by atoms with Gasteiger partial charge in [0.15, 0.2) is 0 Å². The molecule has 0 amide bonds. The Morgan fingerprint density at radius 3 is 2.76 bits per heavy atom. The van der Waals surface area contributed by atoms with Gasteiger partial charge in [0.25, 0.3) is 0 Å². The normalized spacial score (nSPS) is 42.9. The summed E-state index contributed by atoms with van der Waals surface area (Å²) < 4.78 is 0. The van der Waals surface area contributed by atoms with Crippen molar-refractivity contribution in [2.24, 2.45) is 17.8 Å². The zero-order valence-electron chi connectivity index (χ0n) is 10.9. The molecule has 3 heteroatoms. The van der Waals surface area contributed by atoms with E-state index in [0.717, 1.165) is 35.6 Å². The largest absolute Gasteiger partial charge is 0.313 e. The van der Waals surface area contributed by atoms with E-state index < -0.39 is 0 Å². The van der Waals surface area contributed by atoms with Gasteiger partial charge in [-0.15, -0.1) is 0 Å². The van der Waals surface area contributed by atoms with E-state index in [1.165, 1.54) is 36.5 Å². The molecule has 1 N–H and O–H groups in total. The van der Waals surface area contributed by atoms with Crippen molar-refractivity contribution in [1.29, 1.82) is 0 Å². The Morgan fingerprint density at radius 1 is 1.24 bits per heavy atom. The minimum absolute atomic E-state index is 0.813. The lowest BCUT2D eigenvalue weighted by Gasteiger charge is -2.38. The first-order valence-electron chi connectivity index (χ1n) is 7.31. The third-order valence-electron chi connectivity index (χ3n) is 4.94. The Hall–Kier alpha value is 0.660. The summed E-state index contributed by atoms with van der Waals surface area (Å²) in [5, 5.41) is 4.73. The zero-order valence-corrected chi connectivity index (χ0v) is 12.5. The summed E-state index contributed by atoms with van der Waals surface area (Å²) in [5.74, 6) is 7.29. The molecular weight excluding hydrogens is 246 g/mol. The number of nitrogens with one attached hydrogen (secondary N) is 1. The van der Waals surface area contributed by atoms with Crippen molar-refractivity contribution >= 4 is 23.5 Å². The van der Waals surface area contributed by atoms with Crippen LogP contribution < -0.4 is 5.32 Å². The second kappa shape index (κ2) is 5.75. The fourth-order valence-electron chi connectivity index (χ4n) is 4.24. The number of hydrogen-bond acceptors (Lipinski definition) is 3. The summed E-state index contributed by atoms with van der Waals surface area (Å²) in [6.45, 7) is 3.43. The molecule has 1 heterocycles. The van der Waals surface area contributed by atoms with Gasteiger partial charge in [0.05, 0.1) is 0 Å². The van der Waals surface area contributed by atoms with Crippen molar-refractivity contribution < 1.29 is 0 Å². The lowest BCUT2D eigenvalue weighted by Crippen LogP contribution is -2.47. The number of fused-ring (bicyclic) bond motifs is 2. The quantitative estimate of drug-likeness (QED) is 0.843. The number of rotatable bonds is 4. The second-order valence-electron chi connectivity index (χ2n) is 5.91. The van der Waals surface area contributed by atoms with Crippen LogP contribution in [-0.2, 0) is 0 Å². The summed E-state index contributed by atoms with van der Waals surface area (Å²) in [6.07, 6.45) is 6.15. The summed E-state index contributed by atoms with van der Waals surface area (Å²) >= 11 is 4.42. The lowest BCUT2D eigenvalue weighted by atomic mass is 9.82. The molecule has 5 atom stereocenters. The van der Waals surface area contributed by atoms with Gasteiger partial charge >= 0.3 is 0 Å². The Bertz CT molecular complexity index is 253. The lowest BCUT2D eigenvalue weighted by molar-refractivity contribution is 0.250. The fraction of sp³-hybridized carbons (Fsp3) is 1.00. The molecule has 1 nitrogen and oxygen atoms in total. The Labute approximate surface area is 114 Å². The van der Waals surface area contributed by atoms with Gasteiger partial charge in [-0.3, -0.25) is 0 Å². The van der Waals surface area contributed by atoms with E-state index in [4.69, 9.17) is 0 Å². The van der Waals surface area contributed by atoms with Crippen LogP contribution in [0.25, 0.3) is 0 Å². The summed E-state index contributed by atoms with van der Waals surface area (Å²) in [5.41, 5.74) is 0. The molecule has 3 aliphatic rings. The van der Waals surface area contributed by atoms with Crippen molar-refractivity contribution in [3.63, 3.8) is 0 Å². The predicted octanol–water partition coefficient (Wildman–Crippen LogP) is 3.25. The highest BCUT2D eigenvalue weighted by Crippen LogP contribution is 2.51. The first-order chi connectivity index (χ1) is 8.38. The van der Waals surface area contributed by atoms with Gasteiger partial charge in [0.1, 0.15) is 0 Å². The molecule has 0 aromatic rings. The van der Waals surface area contributed by atoms with Crippen LogP contribution in [0.3, 0.4) is 0 Å². The minimum atomic E-state index is 0.813. The molecule has 98 valence electrons. The smallest absolute Gasteiger partial charge is 0.0294 e. The van der Waals surface area contributed by atoms with Crippen molar-refractivity contribution in [3.05, 3.63) is 0 Å². The maximum Gasteiger partial charge on any atom is 0.0294 e. The van der Waals surface area contributed by atoms with E-state index in [1.807, 2.05) is 0 Å². The molecule has 2 bridgehead atoms. The van der Waals surface area contributed by atoms with Gasteiger partial charge in [-0.1, -0.05) is 13.3 Å². The van der Waals surface area contributed by atoms with Crippen molar-refractivity contribution in [1.82, 2.24) is 5.32 Å². The SMILES string of the molecule is CCNC(C1CSCCS1)C1CC2CCC1C2. The van der Waals surface area contributed by atoms with Crippen LogP contribution in [-0.4, -0.2) is 35.1 Å². The maximum absolute atomic E-state index is 3.84. The van der Waals surface area contributed by atoms with Crippen LogP contribution in [0.2, 0.25) is 0 Å². The predicted molar refractivity (Wildman–Crippen MR) is 80.0 cm³/mol. The van der Waals surface area contributed by atoms with E-state index in [9.17, 15) is 0 Å². The van der Waals surface area contributed by atoms with Crippen LogP contribution in [0.15, 0.2) is 0 Å². The maximum atomic E-state index is 3.84. The third kappa shape index (κ3) is 2.66. The standard InChI is InChI=1S/C14H25NS2/c1-2-15-14(13-9-16-5-6-17-13)12-8-10-3-4-11(12)7-10/h10-15H,2-9H2,1H3. The van der Waals surface area contributed by atoms with Crippen LogP contribution >= 0.6 is 23.5 Å². The highest BCUT2D eigenvalue weighted by molar-refractivity contribution is 8.06. The average Bonchev–Trinajstić information content (AvgIpc) is 2.99. The summed E-state index contributed by atoms with van der Waals surface area (Å²) in [4.78, 5) is 0. The van der Waals surface area contributed by atoms with Crippen LogP contribution in [0.4, 0.5) is 0 Å². The highest BCUT2D eigenvalue weighted by Gasteiger charge is 2.45. The summed E-state index contributed by atoms with van der Waals surface area (Å²) in [7, 11) is 0. The van der Waals surface area contributed by atoms with Crippen LogP contribution in [0.1, 0.15) is 32.6 Å². The number of thioether (sulfide) groups is 2. The molecule has 0 radical (unpaired) electrons. The molecule has 0 aromatic heterocycles. The molecule has 3 rings (SSSR count). The monoisotopic (exact) mass is 271 g/mol. The fourth-order valence-corrected chi connectivity index (χ4v) is 7.19. The molecule has 1 aliphatic heterocycles. The molecule has 2 aliphatic carbocycles. The van der Waals surface area contributed by atoms with Gasteiger partial charge in [0, 0.05) is 28.6 Å². The van der Waals surface area contributed by atoms with Crippen LogP contribution in [0.5, 0.6) is 0 Å². The van der Waals surface area contributed by atoms with E-state index in [2.05, 4.69) is 35.8 Å². The molecule has 1 saturated heterocycles. The molecule has 2 saturated carbocycles. The first-order valence-corrected chi connectivity index (χ1v) is 9.51. The van der Waals surface area contributed by atoms with Crippen LogP contribution in [0, 0.1) is 17.8 Å². The van der Waals surface area contributed by atoms with Gasteiger partial charge in [-0.25, -0.2) is 0 Å². The molecule has 17 heavy (non-hydrogen) atoms. The van der Waals surface area contributed by atoms with Crippen molar-refractivity contribution in [2.45, 2.75) is 43.9 Å². The molecular formula is C14H25NS2. The topological polar surface area (TPSA) is 12.0 Å². The molecule has 3 fully saturated rings. The van der Waals surface area contributed by atoms with Crippen molar-refractivity contribution in [2.75, 3.05) is 23.8 Å².